The van der Waals surface area contributed by atoms with Crippen LogP contribution in [0.3, 0.4) is 0 Å². The predicted molar refractivity (Wildman–Crippen MR) is 133 cm³/mol. The molecule has 0 saturated heterocycles. The average molecular weight is 439 g/mol. The zero-order chi connectivity index (χ0) is 24.5. The van der Waals surface area contributed by atoms with Crippen LogP contribution in [0.15, 0.2) is 85.4 Å². The second kappa shape index (κ2) is 16.5. The summed E-state index contributed by atoms with van der Waals surface area (Å²) < 4.78 is 10.7. The molecule has 32 heavy (non-hydrogen) atoms. The summed E-state index contributed by atoms with van der Waals surface area (Å²) >= 11 is 0. The highest BCUT2D eigenvalue weighted by atomic mass is 16.6. The standard InChI is InChI=1S/C20H30O4.C8H8/c1-8-11-12-16(9-2)13-17(23-18(21)10-3)19(14(4)5)24-20(22)15(6)7;1-2-8-6-4-3-5-7-8/h10,16H,3-4,6,8-9,11-13H2,1-2,5,7H3;2-7H,1H2/b19-17+;. The van der Waals surface area contributed by atoms with Crippen LogP contribution in [0.1, 0.15) is 65.4 Å². The number of benzene rings is 1. The van der Waals surface area contributed by atoms with Gasteiger partial charge in [-0.1, -0.05) is 102 Å². The summed E-state index contributed by atoms with van der Waals surface area (Å²) in [5.74, 6) is -0.296. The molecule has 0 aliphatic carbocycles. The van der Waals surface area contributed by atoms with Gasteiger partial charge in [-0.2, -0.15) is 0 Å². The topological polar surface area (TPSA) is 52.6 Å². The molecule has 0 spiro atoms. The summed E-state index contributed by atoms with van der Waals surface area (Å²) in [6.45, 7) is 21.9. The zero-order valence-electron chi connectivity index (χ0n) is 20.1. The lowest BCUT2D eigenvalue weighted by molar-refractivity contribution is -0.138. The summed E-state index contributed by atoms with van der Waals surface area (Å²) in [5.41, 5.74) is 1.95. The quantitative estimate of drug-likeness (QED) is 0.146. The molecule has 1 rings (SSSR count). The highest BCUT2D eigenvalue weighted by Crippen LogP contribution is 2.27. The molecule has 0 heterocycles. The van der Waals surface area contributed by atoms with Gasteiger partial charge in [-0.25, -0.2) is 9.59 Å². The van der Waals surface area contributed by atoms with E-state index in [4.69, 9.17) is 9.47 Å². The maximum absolute atomic E-state index is 11.9. The summed E-state index contributed by atoms with van der Waals surface area (Å²) in [5, 5.41) is 0. The van der Waals surface area contributed by atoms with Crippen LogP contribution >= 0.6 is 0 Å². The lowest BCUT2D eigenvalue weighted by Gasteiger charge is -2.19. The van der Waals surface area contributed by atoms with Crippen molar-refractivity contribution in [1.82, 2.24) is 0 Å². The van der Waals surface area contributed by atoms with Crippen molar-refractivity contribution in [1.29, 1.82) is 0 Å². The van der Waals surface area contributed by atoms with Crippen LogP contribution in [-0.4, -0.2) is 11.9 Å². The molecule has 1 unspecified atom stereocenters. The van der Waals surface area contributed by atoms with Crippen molar-refractivity contribution in [2.45, 2.75) is 59.8 Å². The lowest BCUT2D eigenvalue weighted by atomic mass is 9.94. The van der Waals surface area contributed by atoms with Gasteiger partial charge in [0.2, 0.25) is 0 Å². The third kappa shape index (κ3) is 11.9. The van der Waals surface area contributed by atoms with Gasteiger partial charge in [-0.3, -0.25) is 0 Å². The molecule has 0 amide bonds. The van der Waals surface area contributed by atoms with Crippen LogP contribution in [0.4, 0.5) is 0 Å². The SMILES string of the molecule is C=CC(=O)O/C(CC(CC)CCCC)=C(/OC(=O)C(=C)C)C(=C)C.C=Cc1ccccc1. The van der Waals surface area contributed by atoms with E-state index < -0.39 is 11.9 Å². The van der Waals surface area contributed by atoms with Gasteiger partial charge in [0.05, 0.1) is 0 Å². The first-order chi connectivity index (χ1) is 15.2. The smallest absolute Gasteiger partial charge is 0.338 e. The van der Waals surface area contributed by atoms with E-state index in [1.54, 1.807) is 13.8 Å². The van der Waals surface area contributed by atoms with Gasteiger partial charge >= 0.3 is 11.9 Å². The maximum Gasteiger partial charge on any atom is 0.338 e. The van der Waals surface area contributed by atoms with Gasteiger partial charge in [-0.05, 0) is 30.9 Å². The number of unbranched alkanes of at least 4 members (excludes halogenated alkanes) is 1. The average Bonchev–Trinajstić information content (AvgIpc) is 2.79. The molecule has 4 nitrogen and oxygen atoms in total. The van der Waals surface area contributed by atoms with Crippen molar-refractivity contribution in [3.05, 3.63) is 91.0 Å². The van der Waals surface area contributed by atoms with E-state index >= 15 is 0 Å². The third-order valence-electron chi connectivity index (χ3n) is 4.63. The number of ether oxygens (including phenoxy) is 2. The predicted octanol–water partition coefficient (Wildman–Crippen LogP) is 7.56. The lowest BCUT2D eigenvalue weighted by Crippen LogP contribution is -2.14. The van der Waals surface area contributed by atoms with Crippen molar-refractivity contribution in [3.63, 3.8) is 0 Å². The Morgan fingerprint density at radius 2 is 1.62 bits per heavy atom. The maximum atomic E-state index is 11.9. The molecule has 1 aromatic rings. The fourth-order valence-corrected chi connectivity index (χ4v) is 2.70. The fourth-order valence-electron chi connectivity index (χ4n) is 2.70. The monoisotopic (exact) mass is 438 g/mol. The van der Waals surface area contributed by atoms with E-state index in [1.807, 2.05) is 36.4 Å². The Kier molecular flexibility index (Phi) is 14.9. The largest absolute Gasteiger partial charge is 0.424 e. The molecule has 0 radical (unpaired) electrons. The number of hydrogen-bond acceptors (Lipinski definition) is 4. The van der Waals surface area contributed by atoms with Crippen molar-refractivity contribution < 1.29 is 19.1 Å². The van der Waals surface area contributed by atoms with Gasteiger partial charge in [0.25, 0.3) is 0 Å². The molecule has 1 atom stereocenters. The molecular weight excluding hydrogens is 400 g/mol. The molecule has 174 valence electrons. The Labute approximate surface area is 194 Å². The van der Waals surface area contributed by atoms with E-state index in [9.17, 15) is 9.59 Å². The summed E-state index contributed by atoms with van der Waals surface area (Å²) in [6.07, 6.45) is 7.56. The molecule has 0 saturated carbocycles. The van der Waals surface area contributed by atoms with Gasteiger partial charge in [0.15, 0.2) is 11.5 Å². The highest BCUT2D eigenvalue weighted by molar-refractivity contribution is 5.88. The van der Waals surface area contributed by atoms with E-state index in [-0.39, 0.29) is 11.3 Å². The van der Waals surface area contributed by atoms with E-state index in [0.29, 0.717) is 23.7 Å². The van der Waals surface area contributed by atoms with Crippen LogP contribution in [0.25, 0.3) is 6.08 Å². The number of rotatable bonds is 12. The minimum Gasteiger partial charge on any atom is -0.424 e. The molecule has 0 aliphatic rings. The van der Waals surface area contributed by atoms with Crippen LogP contribution in [-0.2, 0) is 19.1 Å². The fraction of sp³-hybridized carbons (Fsp3) is 0.357. The highest BCUT2D eigenvalue weighted by Gasteiger charge is 2.21. The summed E-state index contributed by atoms with van der Waals surface area (Å²) in [6, 6.07) is 10.0. The van der Waals surface area contributed by atoms with Crippen molar-refractivity contribution in [2.24, 2.45) is 5.92 Å². The molecule has 0 fully saturated rings. The second-order valence-corrected chi connectivity index (χ2v) is 7.56. The van der Waals surface area contributed by atoms with Crippen LogP contribution < -0.4 is 0 Å². The minimum atomic E-state index is -0.583. The number of carbonyl (C=O) groups is 2. The Balaban J connectivity index is 0.000000995. The van der Waals surface area contributed by atoms with Gasteiger partial charge < -0.3 is 9.47 Å². The molecule has 0 N–H and O–H groups in total. The summed E-state index contributed by atoms with van der Waals surface area (Å²) in [7, 11) is 0. The molecule has 1 aromatic carbocycles. The van der Waals surface area contributed by atoms with Gasteiger partial charge in [-0.15, -0.1) is 0 Å². The normalized spacial score (nSPS) is 11.6. The molecule has 0 aromatic heterocycles. The van der Waals surface area contributed by atoms with E-state index in [2.05, 4.69) is 40.2 Å². The molecule has 0 bridgehead atoms. The Morgan fingerprint density at radius 3 is 2.03 bits per heavy atom. The van der Waals surface area contributed by atoms with Gasteiger partial charge in [0.1, 0.15) is 0 Å². The number of carbonyl (C=O) groups excluding carboxylic acids is 2. The van der Waals surface area contributed by atoms with Crippen LogP contribution in [0, 0.1) is 5.92 Å². The molecule has 4 heteroatoms. The Hall–Kier alpha value is -3.14. The number of allylic oxidation sites excluding steroid dienone is 2. The third-order valence-corrected chi connectivity index (χ3v) is 4.63. The molecular formula is C28H38O4. The van der Waals surface area contributed by atoms with Crippen LogP contribution in [0.2, 0.25) is 0 Å². The first-order valence-corrected chi connectivity index (χ1v) is 11.0. The van der Waals surface area contributed by atoms with E-state index in [0.717, 1.165) is 31.8 Å². The van der Waals surface area contributed by atoms with E-state index in [1.165, 1.54) is 5.56 Å². The number of esters is 2. The molecule has 0 aliphatic heterocycles. The Morgan fingerprint density at radius 1 is 1.00 bits per heavy atom. The van der Waals surface area contributed by atoms with Crippen LogP contribution in [0.5, 0.6) is 0 Å². The minimum absolute atomic E-state index is 0.202. The Bertz CT molecular complexity index is 815. The summed E-state index contributed by atoms with van der Waals surface area (Å²) in [4.78, 5) is 23.6. The van der Waals surface area contributed by atoms with Crippen molar-refractivity contribution >= 4 is 18.0 Å². The van der Waals surface area contributed by atoms with Gasteiger partial charge in [0, 0.05) is 18.1 Å². The first-order valence-electron chi connectivity index (χ1n) is 11.0. The zero-order valence-corrected chi connectivity index (χ0v) is 20.1. The van der Waals surface area contributed by atoms with Crippen molar-refractivity contribution in [2.75, 3.05) is 0 Å². The van der Waals surface area contributed by atoms with Crippen molar-refractivity contribution in [3.8, 4) is 0 Å². The first kappa shape index (κ1) is 28.9. The second-order valence-electron chi connectivity index (χ2n) is 7.56. The number of hydrogen-bond donors (Lipinski definition) is 0.